The molecular formula is C27H34N6O4. The van der Waals surface area contributed by atoms with Gasteiger partial charge in [-0.3, -0.25) is 14.5 Å². The van der Waals surface area contributed by atoms with E-state index in [2.05, 4.69) is 20.7 Å². The highest BCUT2D eigenvalue weighted by atomic mass is 16.5. The molecule has 0 aliphatic heterocycles. The summed E-state index contributed by atoms with van der Waals surface area (Å²) in [5.74, 6) is 0.993. The molecule has 1 saturated carbocycles. The Morgan fingerprint density at radius 2 is 1.81 bits per heavy atom. The summed E-state index contributed by atoms with van der Waals surface area (Å²) in [6, 6.07) is 10.6. The van der Waals surface area contributed by atoms with Crippen molar-refractivity contribution in [2.24, 2.45) is 0 Å². The molecule has 1 aromatic heterocycles. The Balaban J connectivity index is 1.57. The van der Waals surface area contributed by atoms with Crippen molar-refractivity contribution in [3.63, 3.8) is 0 Å². The number of carbonyl (C=O) groups excluding carboxylic acids is 2. The van der Waals surface area contributed by atoms with Gasteiger partial charge in [-0.1, -0.05) is 30.5 Å². The maximum absolute atomic E-state index is 13.6. The lowest BCUT2D eigenvalue weighted by atomic mass is 10.1. The van der Waals surface area contributed by atoms with Crippen LogP contribution in [0, 0.1) is 13.8 Å². The predicted octanol–water partition coefficient (Wildman–Crippen LogP) is 3.45. The summed E-state index contributed by atoms with van der Waals surface area (Å²) >= 11 is 0. The maximum atomic E-state index is 13.6. The van der Waals surface area contributed by atoms with Crippen LogP contribution in [0.15, 0.2) is 36.4 Å². The van der Waals surface area contributed by atoms with Gasteiger partial charge in [0.05, 0.1) is 14.2 Å². The number of methoxy groups -OCH3 is 2. The lowest BCUT2D eigenvalue weighted by Crippen LogP contribution is -2.51. The highest BCUT2D eigenvalue weighted by Crippen LogP contribution is 2.31. The van der Waals surface area contributed by atoms with Gasteiger partial charge in [0.15, 0.2) is 11.5 Å². The van der Waals surface area contributed by atoms with Crippen LogP contribution >= 0.6 is 0 Å². The average molecular weight is 507 g/mol. The van der Waals surface area contributed by atoms with E-state index in [0.717, 1.165) is 36.8 Å². The largest absolute Gasteiger partial charge is 0.493 e. The predicted molar refractivity (Wildman–Crippen MR) is 140 cm³/mol. The molecular weight excluding hydrogens is 472 g/mol. The van der Waals surface area contributed by atoms with Crippen LogP contribution in [-0.2, 0) is 16.1 Å². The molecule has 10 heteroatoms. The van der Waals surface area contributed by atoms with Gasteiger partial charge in [-0.05, 0) is 68.7 Å². The fourth-order valence-electron chi connectivity index (χ4n) is 4.74. The summed E-state index contributed by atoms with van der Waals surface area (Å²) in [7, 11) is 3.12. The van der Waals surface area contributed by atoms with Crippen molar-refractivity contribution in [2.45, 2.75) is 65.1 Å². The Morgan fingerprint density at radius 3 is 2.49 bits per heavy atom. The molecule has 0 bridgehead atoms. The number of carbonyl (C=O) groups is 2. The molecule has 196 valence electrons. The second-order valence-corrected chi connectivity index (χ2v) is 9.43. The fraction of sp³-hybridized carbons (Fsp3) is 0.444. The zero-order chi connectivity index (χ0) is 26.5. The number of nitrogens with one attached hydrogen (secondary N) is 1. The number of tetrazole rings is 1. The van der Waals surface area contributed by atoms with Crippen LogP contribution in [0.1, 0.15) is 43.7 Å². The summed E-state index contributed by atoms with van der Waals surface area (Å²) in [4.78, 5) is 29.6. The van der Waals surface area contributed by atoms with Crippen LogP contribution in [-0.4, -0.2) is 58.3 Å². The number of hydrogen-bond donors (Lipinski definition) is 1. The Labute approximate surface area is 216 Å². The van der Waals surface area contributed by atoms with Crippen molar-refractivity contribution in [2.75, 3.05) is 19.1 Å². The molecule has 0 unspecified atom stereocenters. The summed E-state index contributed by atoms with van der Waals surface area (Å²) in [5.41, 5.74) is 3.34. The van der Waals surface area contributed by atoms with E-state index in [9.17, 15) is 9.59 Å². The van der Waals surface area contributed by atoms with Gasteiger partial charge in [0, 0.05) is 17.3 Å². The number of ether oxygens (including phenoxy) is 2. The molecule has 4 rings (SSSR count). The third-order valence-corrected chi connectivity index (χ3v) is 6.72. The maximum Gasteiger partial charge on any atom is 0.251 e. The molecule has 10 nitrogen and oxygen atoms in total. The average Bonchev–Trinajstić information content (AvgIpc) is 3.57. The molecule has 37 heavy (non-hydrogen) atoms. The Kier molecular flexibility index (Phi) is 8.05. The second kappa shape index (κ2) is 11.4. The monoisotopic (exact) mass is 506 g/mol. The van der Waals surface area contributed by atoms with Crippen molar-refractivity contribution < 1.29 is 19.1 Å². The highest BCUT2D eigenvalue weighted by Gasteiger charge is 2.31. The summed E-state index contributed by atoms with van der Waals surface area (Å²) < 4.78 is 10.6. The van der Waals surface area contributed by atoms with Crippen molar-refractivity contribution >= 4 is 17.5 Å². The van der Waals surface area contributed by atoms with Gasteiger partial charge >= 0.3 is 0 Å². The Bertz CT molecular complexity index is 1270. The van der Waals surface area contributed by atoms with Crippen LogP contribution in [0.3, 0.4) is 0 Å². The summed E-state index contributed by atoms with van der Waals surface area (Å²) in [5, 5.41) is 15.7. The van der Waals surface area contributed by atoms with Gasteiger partial charge in [-0.25, -0.2) is 0 Å². The Morgan fingerprint density at radius 1 is 1.08 bits per heavy atom. The first-order chi connectivity index (χ1) is 17.8. The molecule has 0 spiro atoms. The van der Waals surface area contributed by atoms with Gasteiger partial charge in [0.1, 0.15) is 12.6 Å². The molecule has 3 aromatic rings. The highest BCUT2D eigenvalue weighted by molar-refractivity contribution is 6.01. The number of benzene rings is 2. The summed E-state index contributed by atoms with van der Waals surface area (Å²) in [6.07, 6.45) is 4.16. The third-order valence-electron chi connectivity index (χ3n) is 6.72. The van der Waals surface area contributed by atoms with Crippen LogP contribution in [0.25, 0.3) is 11.4 Å². The van der Waals surface area contributed by atoms with Gasteiger partial charge < -0.3 is 14.8 Å². The molecule has 0 saturated heterocycles. The quantitative estimate of drug-likeness (QED) is 0.473. The van der Waals surface area contributed by atoms with E-state index in [-0.39, 0.29) is 24.4 Å². The first-order valence-corrected chi connectivity index (χ1v) is 12.5. The Hall–Kier alpha value is -3.95. The normalized spacial score (nSPS) is 14.3. The minimum absolute atomic E-state index is 0.159. The minimum Gasteiger partial charge on any atom is -0.493 e. The first-order valence-electron chi connectivity index (χ1n) is 12.5. The first kappa shape index (κ1) is 26.1. The summed E-state index contributed by atoms with van der Waals surface area (Å²) in [6.45, 7) is 5.52. The second-order valence-electron chi connectivity index (χ2n) is 9.43. The van der Waals surface area contributed by atoms with Gasteiger partial charge in [-0.2, -0.15) is 4.80 Å². The molecule has 1 N–H and O–H groups in total. The van der Waals surface area contributed by atoms with Crippen molar-refractivity contribution in [1.29, 1.82) is 0 Å². The lowest BCUT2D eigenvalue weighted by Gasteiger charge is -2.30. The molecule has 1 heterocycles. The van der Waals surface area contributed by atoms with Gasteiger partial charge in [0.2, 0.25) is 11.7 Å². The standard InChI is InChI=1S/C27H34N6O4/c1-17-10-12-22(18(2)14-17)33(19(3)27(35)28-21-8-6-7-9-21)25(34)16-32-30-26(29-31-32)20-11-13-23(36-4)24(15-20)37-5/h10-15,19,21H,6-9,16H2,1-5H3,(H,28,35)/t19-/m0/s1. The minimum atomic E-state index is -0.705. The molecule has 2 aromatic carbocycles. The number of amides is 2. The zero-order valence-corrected chi connectivity index (χ0v) is 22.0. The van der Waals surface area contributed by atoms with Crippen LogP contribution in [0.2, 0.25) is 0 Å². The SMILES string of the molecule is COc1ccc(-c2nnn(CC(=O)N(c3ccc(C)cc3C)[C@@H](C)C(=O)NC3CCCC3)n2)cc1OC. The van der Waals surface area contributed by atoms with Crippen molar-refractivity contribution in [3.05, 3.63) is 47.5 Å². The van der Waals surface area contributed by atoms with Gasteiger partial charge in [-0.15, -0.1) is 10.2 Å². The van der Waals surface area contributed by atoms with E-state index in [1.165, 1.54) is 4.80 Å². The number of aromatic nitrogens is 4. The molecule has 1 aliphatic carbocycles. The van der Waals surface area contributed by atoms with E-state index in [1.807, 2.05) is 32.0 Å². The number of nitrogens with zero attached hydrogens (tertiary/aromatic N) is 5. The molecule has 1 fully saturated rings. The van der Waals surface area contributed by atoms with Gasteiger partial charge in [0.25, 0.3) is 5.91 Å². The van der Waals surface area contributed by atoms with Crippen LogP contribution in [0.4, 0.5) is 5.69 Å². The van der Waals surface area contributed by atoms with E-state index < -0.39 is 6.04 Å². The zero-order valence-electron chi connectivity index (χ0n) is 22.0. The molecule has 1 aliphatic rings. The van der Waals surface area contributed by atoms with Crippen molar-refractivity contribution in [1.82, 2.24) is 25.5 Å². The van der Waals surface area contributed by atoms with Crippen LogP contribution in [0.5, 0.6) is 11.5 Å². The van der Waals surface area contributed by atoms with E-state index in [0.29, 0.717) is 28.6 Å². The molecule has 0 radical (unpaired) electrons. The van der Waals surface area contributed by atoms with Crippen molar-refractivity contribution in [3.8, 4) is 22.9 Å². The van der Waals surface area contributed by atoms with E-state index in [4.69, 9.17) is 9.47 Å². The lowest BCUT2D eigenvalue weighted by molar-refractivity contribution is -0.127. The number of rotatable bonds is 9. The number of hydrogen-bond acceptors (Lipinski definition) is 7. The number of anilines is 1. The molecule has 2 amide bonds. The fourth-order valence-corrected chi connectivity index (χ4v) is 4.74. The smallest absolute Gasteiger partial charge is 0.251 e. The third kappa shape index (κ3) is 5.90. The van der Waals surface area contributed by atoms with E-state index in [1.54, 1.807) is 44.2 Å². The molecule has 1 atom stereocenters. The van der Waals surface area contributed by atoms with Crippen LogP contribution < -0.4 is 19.7 Å². The topological polar surface area (TPSA) is 111 Å². The van der Waals surface area contributed by atoms with E-state index >= 15 is 0 Å². The number of aryl methyl sites for hydroxylation is 2.